The Balaban J connectivity index is 2.52. The lowest BCUT2D eigenvalue weighted by molar-refractivity contribution is 0.599. The van der Waals surface area contributed by atoms with E-state index >= 15 is 0 Å². The highest BCUT2D eigenvalue weighted by Gasteiger charge is 2.07. The summed E-state index contributed by atoms with van der Waals surface area (Å²) in [5.41, 5.74) is 0. The summed E-state index contributed by atoms with van der Waals surface area (Å²) in [7, 11) is 0. The Labute approximate surface area is 150 Å². The van der Waals surface area contributed by atoms with Crippen molar-refractivity contribution in [3.05, 3.63) is 24.4 Å². The Morgan fingerprint density at radius 3 is 1.29 bits per heavy atom. The molecule has 0 amide bonds. The zero-order valence-electron chi connectivity index (χ0n) is 16.2. The van der Waals surface area contributed by atoms with Crippen molar-refractivity contribution >= 4 is 0 Å². The standard InChI is InChI=1S/C21H38N3/c1-4-7-10-12-14-17-20-22-19(16-9-6-3)23-21(24-20)18-15-13-11-8-5-2/h3-18H2,1-2H3. The van der Waals surface area contributed by atoms with Crippen LogP contribution in [0.25, 0.3) is 0 Å². The Morgan fingerprint density at radius 1 is 0.542 bits per heavy atom. The third-order valence-corrected chi connectivity index (χ3v) is 4.43. The van der Waals surface area contributed by atoms with Crippen molar-refractivity contribution in [2.75, 3.05) is 0 Å². The molecule has 1 heterocycles. The van der Waals surface area contributed by atoms with E-state index in [1.165, 1.54) is 64.2 Å². The SMILES string of the molecule is [CH2]CCCc1nc(CCCCCCC)nc(CCCCCCC)n1. The van der Waals surface area contributed by atoms with E-state index in [1.807, 2.05) is 0 Å². The van der Waals surface area contributed by atoms with Crippen LogP contribution in [0.4, 0.5) is 0 Å². The number of unbranched alkanes of at least 4 members (excludes halogenated alkanes) is 9. The van der Waals surface area contributed by atoms with Gasteiger partial charge in [0.25, 0.3) is 0 Å². The Hall–Kier alpha value is -0.990. The van der Waals surface area contributed by atoms with E-state index in [4.69, 9.17) is 15.0 Å². The number of aromatic nitrogens is 3. The number of nitrogens with zero attached hydrogens (tertiary/aromatic N) is 3. The van der Waals surface area contributed by atoms with Gasteiger partial charge in [-0.1, -0.05) is 78.6 Å². The molecule has 1 aromatic heterocycles. The van der Waals surface area contributed by atoms with Crippen LogP contribution in [0.2, 0.25) is 0 Å². The van der Waals surface area contributed by atoms with E-state index in [0.29, 0.717) is 0 Å². The maximum absolute atomic E-state index is 4.74. The van der Waals surface area contributed by atoms with Gasteiger partial charge in [-0.25, -0.2) is 15.0 Å². The van der Waals surface area contributed by atoms with Gasteiger partial charge in [-0.3, -0.25) is 0 Å². The van der Waals surface area contributed by atoms with Crippen molar-refractivity contribution in [2.24, 2.45) is 0 Å². The van der Waals surface area contributed by atoms with Crippen molar-refractivity contribution < 1.29 is 0 Å². The number of hydrogen-bond donors (Lipinski definition) is 0. The van der Waals surface area contributed by atoms with Gasteiger partial charge in [0.05, 0.1) is 0 Å². The number of hydrogen-bond acceptors (Lipinski definition) is 3. The molecule has 0 atom stereocenters. The van der Waals surface area contributed by atoms with E-state index in [9.17, 15) is 0 Å². The van der Waals surface area contributed by atoms with Crippen LogP contribution < -0.4 is 0 Å². The molecule has 0 N–H and O–H groups in total. The van der Waals surface area contributed by atoms with Crippen LogP contribution in [0, 0.1) is 6.92 Å². The zero-order valence-corrected chi connectivity index (χ0v) is 16.2. The molecule has 1 radical (unpaired) electrons. The third-order valence-electron chi connectivity index (χ3n) is 4.43. The molecular formula is C21H38N3. The molecule has 0 aromatic carbocycles. The van der Waals surface area contributed by atoms with Crippen molar-refractivity contribution in [1.82, 2.24) is 15.0 Å². The minimum absolute atomic E-state index is 0.942. The average molecular weight is 333 g/mol. The minimum Gasteiger partial charge on any atom is -0.218 e. The van der Waals surface area contributed by atoms with Gasteiger partial charge in [-0.2, -0.15) is 0 Å². The first kappa shape index (κ1) is 21.1. The minimum atomic E-state index is 0.942. The van der Waals surface area contributed by atoms with Gasteiger partial charge < -0.3 is 0 Å². The molecule has 0 spiro atoms. The summed E-state index contributed by atoms with van der Waals surface area (Å²) in [5.74, 6) is 3.02. The largest absolute Gasteiger partial charge is 0.218 e. The summed E-state index contributed by atoms with van der Waals surface area (Å²) < 4.78 is 0. The first-order valence-corrected chi connectivity index (χ1v) is 10.3. The monoisotopic (exact) mass is 332 g/mol. The molecule has 3 nitrogen and oxygen atoms in total. The second-order valence-electron chi connectivity index (χ2n) is 6.87. The Morgan fingerprint density at radius 2 is 0.917 bits per heavy atom. The van der Waals surface area contributed by atoms with Gasteiger partial charge >= 0.3 is 0 Å². The summed E-state index contributed by atoms with van der Waals surface area (Å²) >= 11 is 0. The van der Waals surface area contributed by atoms with Crippen LogP contribution in [-0.4, -0.2) is 15.0 Å². The highest BCUT2D eigenvalue weighted by atomic mass is 15.0. The predicted molar refractivity (Wildman–Crippen MR) is 103 cm³/mol. The molecule has 0 aliphatic carbocycles. The van der Waals surface area contributed by atoms with Crippen molar-refractivity contribution in [3.8, 4) is 0 Å². The lowest BCUT2D eigenvalue weighted by Gasteiger charge is -2.07. The lowest BCUT2D eigenvalue weighted by atomic mass is 10.1. The summed E-state index contributed by atoms with van der Waals surface area (Å²) in [6, 6.07) is 0. The molecule has 137 valence electrons. The van der Waals surface area contributed by atoms with Gasteiger partial charge in [-0.05, 0) is 19.3 Å². The van der Waals surface area contributed by atoms with E-state index in [1.54, 1.807) is 0 Å². The van der Waals surface area contributed by atoms with Gasteiger partial charge in [-0.15, -0.1) is 0 Å². The van der Waals surface area contributed by atoms with Gasteiger partial charge in [0.15, 0.2) is 0 Å². The smallest absolute Gasteiger partial charge is 0.132 e. The maximum Gasteiger partial charge on any atom is 0.132 e. The summed E-state index contributed by atoms with van der Waals surface area (Å²) in [6.45, 7) is 8.45. The highest BCUT2D eigenvalue weighted by molar-refractivity contribution is 4.98. The number of rotatable bonds is 15. The van der Waals surface area contributed by atoms with Crippen molar-refractivity contribution in [2.45, 2.75) is 110 Å². The molecule has 0 aliphatic heterocycles. The average Bonchev–Trinajstić information content (AvgIpc) is 2.59. The Kier molecular flexibility index (Phi) is 12.6. The van der Waals surface area contributed by atoms with Crippen LogP contribution in [0.5, 0.6) is 0 Å². The van der Waals surface area contributed by atoms with Gasteiger partial charge in [0, 0.05) is 19.3 Å². The second kappa shape index (κ2) is 14.4. The molecule has 0 aliphatic rings. The molecule has 1 aromatic rings. The van der Waals surface area contributed by atoms with Crippen molar-refractivity contribution in [1.29, 1.82) is 0 Å². The molecule has 0 fully saturated rings. The van der Waals surface area contributed by atoms with Crippen LogP contribution in [0.1, 0.15) is 108 Å². The van der Waals surface area contributed by atoms with E-state index in [0.717, 1.165) is 49.6 Å². The van der Waals surface area contributed by atoms with Gasteiger partial charge in [0.2, 0.25) is 0 Å². The molecule has 3 heteroatoms. The molecule has 1 rings (SSSR count). The van der Waals surface area contributed by atoms with E-state index in [-0.39, 0.29) is 0 Å². The van der Waals surface area contributed by atoms with E-state index < -0.39 is 0 Å². The quantitative estimate of drug-likeness (QED) is 0.367. The lowest BCUT2D eigenvalue weighted by Crippen LogP contribution is -2.08. The summed E-state index contributed by atoms with van der Waals surface area (Å²) in [6.07, 6.45) is 17.9. The fourth-order valence-corrected chi connectivity index (χ4v) is 2.91. The topological polar surface area (TPSA) is 38.7 Å². The zero-order chi connectivity index (χ0) is 17.5. The maximum atomic E-state index is 4.74. The third kappa shape index (κ3) is 10.00. The first-order valence-electron chi connectivity index (χ1n) is 10.3. The second-order valence-corrected chi connectivity index (χ2v) is 6.87. The molecule has 0 saturated heterocycles. The summed E-state index contributed by atoms with van der Waals surface area (Å²) in [5, 5.41) is 0. The number of aryl methyl sites for hydroxylation is 3. The molecular weight excluding hydrogens is 294 g/mol. The molecule has 0 saturated carbocycles. The molecule has 0 bridgehead atoms. The normalized spacial score (nSPS) is 11.1. The van der Waals surface area contributed by atoms with Crippen molar-refractivity contribution in [3.63, 3.8) is 0 Å². The molecule has 24 heavy (non-hydrogen) atoms. The van der Waals surface area contributed by atoms with Crippen LogP contribution >= 0.6 is 0 Å². The van der Waals surface area contributed by atoms with Crippen LogP contribution in [-0.2, 0) is 19.3 Å². The highest BCUT2D eigenvalue weighted by Crippen LogP contribution is 2.10. The Bertz CT molecular complexity index is 385. The predicted octanol–water partition coefficient (Wildman–Crippen LogP) is 6.05. The fourth-order valence-electron chi connectivity index (χ4n) is 2.91. The molecule has 0 unspecified atom stereocenters. The van der Waals surface area contributed by atoms with Crippen LogP contribution in [0.15, 0.2) is 0 Å². The van der Waals surface area contributed by atoms with E-state index in [2.05, 4.69) is 20.8 Å². The van der Waals surface area contributed by atoms with Gasteiger partial charge in [0.1, 0.15) is 17.5 Å². The fraction of sp³-hybridized carbons (Fsp3) is 0.810. The summed E-state index contributed by atoms with van der Waals surface area (Å²) in [4.78, 5) is 14.1. The first-order chi connectivity index (χ1) is 11.8. The van der Waals surface area contributed by atoms with Crippen LogP contribution in [0.3, 0.4) is 0 Å².